The van der Waals surface area contributed by atoms with Gasteiger partial charge in [0.1, 0.15) is 5.75 Å². The number of carboxylic acids is 1. The molecule has 2 heterocycles. The van der Waals surface area contributed by atoms with Crippen LogP contribution in [0.1, 0.15) is 21.6 Å². The molecule has 0 saturated heterocycles. The molecule has 4 rings (SSSR count). The fourth-order valence-electron chi connectivity index (χ4n) is 3.86. The normalized spacial score (nSPS) is 13.1. The Bertz CT molecular complexity index is 1370. The summed E-state index contributed by atoms with van der Waals surface area (Å²) in [5.41, 5.74) is 9.39. The molecule has 0 fully saturated rings. The van der Waals surface area contributed by atoms with Crippen molar-refractivity contribution in [3.63, 3.8) is 0 Å². The number of carbonyl (C=O) groups is 2. The van der Waals surface area contributed by atoms with Crippen LogP contribution in [0.4, 0.5) is 0 Å². The highest BCUT2D eigenvalue weighted by Crippen LogP contribution is 2.36. The third-order valence-electron chi connectivity index (χ3n) is 5.40. The van der Waals surface area contributed by atoms with E-state index in [1.807, 2.05) is 12.1 Å². The maximum atomic E-state index is 11.9. The molecule has 0 aliphatic carbocycles. The van der Waals surface area contributed by atoms with Crippen LogP contribution in [-0.2, 0) is 4.79 Å². The Balaban J connectivity index is 1.95. The predicted molar refractivity (Wildman–Crippen MR) is 131 cm³/mol. The number of hydrogen-bond donors (Lipinski definition) is 3. The van der Waals surface area contributed by atoms with Gasteiger partial charge in [-0.25, -0.2) is 9.48 Å². The molecule has 8 nitrogen and oxygen atoms in total. The Kier molecular flexibility index (Phi) is 6.37. The molecule has 0 bridgehead atoms. The van der Waals surface area contributed by atoms with E-state index in [4.69, 9.17) is 33.7 Å². The highest BCUT2D eigenvalue weighted by atomic mass is 35.5. The van der Waals surface area contributed by atoms with E-state index in [9.17, 15) is 14.7 Å². The van der Waals surface area contributed by atoms with Crippen LogP contribution in [0.15, 0.2) is 54.2 Å². The average Bonchev–Trinajstić information content (AvgIpc) is 3.15. The molecule has 174 valence electrons. The average molecular weight is 499 g/mol. The number of aromatic carboxylic acids is 1. The molecule has 0 radical (unpaired) electrons. The number of ether oxygens (including phenoxy) is 1. The topological polar surface area (TPSA) is 119 Å². The van der Waals surface area contributed by atoms with Gasteiger partial charge in [-0.3, -0.25) is 4.79 Å². The molecule has 1 aliphatic rings. The zero-order valence-corrected chi connectivity index (χ0v) is 19.7. The highest BCUT2D eigenvalue weighted by Gasteiger charge is 2.24. The van der Waals surface area contributed by atoms with E-state index in [0.717, 1.165) is 5.57 Å². The van der Waals surface area contributed by atoms with Gasteiger partial charge in [-0.05, 0) is 55.0 Å². The Hall–Kier alpha value is -3.75. The Morgan fingerprint density at radius 2 is 1.88 bits per heavy atom. The summed E-state index contributed by atoms with van der Waals surface area (Å²) in [6.07, 6.45) is 3.26. The van der Waals surface area contributed by atoms with E-state index in [-0.39, 0.29) is 5.69 Å². The summed E-state index contributed by atoms with van der Waals surface area (Å²) in [5.74, 6) is -1.14. The smallest absolute Gasteiger partial charge is 0.356 e. The first-order valence-electron chi connectivity index (χ1n) is 10.1. The van der Waals surface area contributed by atoms with Crippen LogP contribution >= 0.6 is 23.2 Å². The second kappa shape index (κ2) is 9.24. The first-order chi connectivity index (χ1) is 16.2. The lowest BCUT2D eigenvalue weighted by molar-refractivity contribution is -0.114. The number of primary amides is 1. The third-order valence-corrected chi connectivity index (χ3v) is 5.84. The lowest BCUT2D eigenvalue weighted by Gasteiger charge is -2.18. The van der Waals surface area contributed by atoms with Crippen molar-refractivity contribution in [2.75, 3.05) is 13.7 Å². The summed E-state index contributed by atoms with van der Waals surface area (Å²) < 4.78 is 7.05. The molecular weight excluding hydrogens is 479 g/mol. The molecule has 0 unspecified atom stereocenters. The number of nitrogens with one attached hydrogen (secondary N) is 1. The van der Waals surface area contributed by atoms with E-state index < -0.39 is 11.9 Å². The fourth-order valence-corrected chi connectivity index (χ4v) is 4.37. The van der Waals surface area contributed by atoms with Crippen molar-refractivity contribution in [1.82, 2.24) is 15.1 Å². The lowest BCUT2D eigenvalue weighted by Crippen LogP contribution is -2.21. The second-order valence-corrected chi connectivity index (χ2v) is 8.47. The molecule has 0 atom stereocenters. The minimum Gasteiger partial charge on any atom is -0.496 e. The predicted octanol–water partition coefficient (Wildman–Crippen LogP) is 4.22. The number of amides is 1. The summed E-state index contributed by atoms with van der Waals surface area (Å²) in [7, 11) is 1.55. The molecule has 0 saturated carbocycles. The monoisotopic (exact) mass is 498 g/mol. The number of nitrogens with two attached hydrogens (primary N) is 1. The van der Waals surface area contributed by atoms with Crippen LogP contribution in [0.3, 0.4) is 0 Å². The van der Waals surface area contributed by atoms with Gasteiger partial charge in [-0.2, -0.15) is 5.10 Å². The van der Waals surface area contributed by atoms with Crippen LogP contribution in [-0.4, -0.2) is 40.4 Å². The van der Waals surface area contributed by atoms with Crippen LogP contribution in [0.25, 0.3) is 22.5 Å². The summed E-state index contributed by atoms with van der Waals surface area (Å²) in [4.78, 5) is 23.6. The van der Waals surface area contributed by atoms with Gasteiger partial charge in [0.2, 0.25) is 5.91 Å². The summed E-state index contributed by atoms with van der Waals surface area (Å²) in [6, 6.07) is 10.3. The summed E-state index contributed by atoms with van der Waals surface area (Å²) in [6.45, 7) is 2.13. The van der Waals surface area contributed by atoms with Crippen molar-refractivity contribution in [1.29, 1.82) is 0 Å². The molecule has 0 spiro atoms. The number of carboxylic acid groups (broad SMARTS) is 1. The highest BCUT2D eigenvalue weighted by molar-refractivity contribution is 6.34. The standard InChI is InChI=1S/C24H20Cl2N4O4/c1-12-21(24(32)33)29-30(18-8-16(25)7-17(26)9-18)22(12)13-3-4-20(34-2)19(6-13)14-5-15(23(27)31)11-28-10-14/h3-9,11,28H,10H2,1-2H3,(H2,27,31)(H,32,33). The Morgan fingerprint density at radius 3 is 2.50 bits per heavy atom. The van der Waals surface area contributed by atoms with Gasteiger partial charge in [0.15, 0.2) is 5.69 Å². The molecule has 1 amide bonds. The van der Waals surface area contributed by atoms with E-state index in [1.54, 1.807) is 50.6 Å². The molecule has 2 aromatic carbocycles. The van der Waals surface area contributed by atoms with E-state index in [0.29, 0.717) is 56.0 Å². The summed E-state index contributed by atoms with van der Waals surface area (Å²) >= 11 is 12.4. The molecule has 34 heavy (non-hydrogen) atoms. The van der Waals surface area contributed by atoms with Crippen molar-refractivity contribution < 1.29 is 19.4 Å². The molecule has 10 heteroatoms. The van der Waals surface area contributed by atoms with E-state index in [1.165, 1.54) is 4.68 Å². The number of halogens is 2. The maximum absolute atomic E-state index is 11.9. The van der Waals surface area contributed by atoms with E-state index >= 15 is 0 Å². The van der Waals surface area contributed by atoms with Crippen LogP contribution in [0.5, 0.6) is 5.75 Å². The molecule has 3 aromatic rings. The Labute approximate surface area is 205 Å². The fraction of sp³-hybridized carbons (Fsp3) is 0.125. The zero-order valence-electron chi connectivity index (χ0n) is 18.2. The Morgan fingerprint density at radius 1 is 1.18 bits per heavy atom. The van der Waals surface area contributed by atoms with Crippen LogP contribution in [0, 0.1) is 6.92 Å². The molecule has 1 aliphatic heterocycles. The number of carbonyl (C=O) groups excluding carboxylic acids is 1. The number of methoxy groups -OCH3 is 1. The quantitative estimate of drug-likeness (QED) is 0.468. The summed E-state index contributed by atoms with van der Waals surface area (Å²) in [5, 5.41) is 17.9. The number of hydrogen-bond acceptors (Lipinski definition) is 5. The van der Waals surface area contributed by atoms with Crippen LogP contribution < -0.4 is 15.8 Å². The number of dihydropyridines is 1. The maximum Gasteiger partial charge on any atom is 0.356 e. The molecule has 4 N–H and O–H groups in total. The third kappa shape index (κ3) is 4.37. The van der Waals surface area contributed by atoms with Gasteiger partial charge in [0.05, 0.1) is 24.1 Å². The SMILES string of the molecule is COc1ccc(-c2c(C)c(C(=O)O)nn2-c2cc(Cl)cc(Cl)c2)cc1C1=CC(C(N)=O)=CNC1. The largest absolute Gasteiger partial charge is 0.496 e. The number of rotatable bonds is 6. The molecular formula is C24H20Cl2N4O4. The first kappa shape index (κ1) is 23.4. The minimum absolute atomic E-state index is 0.0963. The zero-order chi connectivity index (χ0) is 24.6. The molecule has 1 aromatic heterocycles. The number of aromatic nitrogens is 2. The van der Waals surface area contributed by atoms with Crippen molar-refractivity contribution in [3.8, 4) is 22.7 Å². The van der Waals surface area contributed by atoms with Crippen LogP contribution in [0.2, 0.25) is 10.0 Å². The van der Waals surface area contributed by atoms with Gasteiger partial charge < -0.3 is 20.9 Å². The van der Waals surface area contributed by atoms with Crippen molar-refractivity contribution in [3.05, 3.63) is 81.1 Å². The van der Waals surface area contributed by atoms with Gasteiger partial charge in [-0.15, -0.1) is 0 Å². The van der Waals surface area contributed by atoms with Gasteiger partial charge in [0, 0.05) is 39.5 Å². The first-order valence-corrected chi connectivity index (χ1v) is 10.9. The van der Waals surface area contributed by atoms with Crippen molar-refractivity contribution in [2.24, 2.45) is 5.73 Å². The number of benzene rings is 2. The minimum atomic E-state index is -1.16. The van der Waals surface area contributed by atoms with Gasteiger partial charge in [0.25, 0.3) is 0 Å². The second-order valence-electron chi connectivity index (χ2n) is 7.60. The van der Waals surface area contributed by atoms with Gasteiger partial charge >= 0.3 is 5.97 Å². The lowest BCUT2D eigenvalue weighted by atomic mass is 9.96. The van der Waals surface area contributed by atoms with E-state index in [2.05, 4.69) is 10.4 Å². The van der Waals surface area contributed by atoms with Crippen molar-refractivity contribution >= 4 is 40.7 Å². The van der Waals surface area contributed by atoms with Crippen molar-refractivity contribution in [2.45, 2.75) is 6.92 Å². The number of nitrogens with zero attached hydrogens (tertiary/aromatic N) is 2. The van der Waals surface area contributed by atoms with Gasteiger partial charge in [-0.1, -0.05) is 23.2 Å².